The number of hydrogen-bond donors (Lipinski definition) is 3. The van der Waals surface area contributed by atoms with Crippen LogP contribution in [0.5, 0.6) is 0 Å². The largest absolute Gasteiger partial charge is 0.417 e. The van der Waals surface area contributed by atoms with Crippen LogP contribution in [-0.4, -0.2) is 54.2 Å². The molecule has 3 N–H and O–H groups in total. The average Bonchev–Trinajstić information content (AvgIpc) is 3.14. The van der Waals surface area contributed by atoms with E-state index >= 15 is 0 Å². The van der Waals surface area contributed by atoms with Crippen LogP contribution in [0.15, 0.2) is 54.2 Å². The molecular weight excluding hydrogens is 539 g/mol. The van der Waals surface area contributed by atoms with Gasteiger partial charge in [-0.3, -0.25) is 29.4 Å². The van der Waals surface area contributed by atoms with Crippen molar-refractivity contribution in [3.05, 3.63) is 64.8 Å². The van der Waals surface area contributed by atoms with E-state index in [4.69, 9.17) is 11.6 Å². The van der Waals surface area contributed by atoms with Crippen LogP contribution in [0.4, 0.5) is 30.2 Å². The highest BCUT2D eigenvalue weighted by molar-refractivity contribution is 6.31. The fourth-order valence-electron chi connectivity index (χ4n) is 4.39. The van der Waals surface area contributed by atoms with E-state index in [0.717, 1.165) is 22.7 Å². The molecule has 206 valence electrons. The summed E-state index contributed by atoms with van der Waals surface area (Å²) < 4.78 is 38.8. The minimum atomic E-state index is -4.52. The van der Waals surface area contributed by atoms with Crippen LogP contribution in [0.25, 0.3) is 0 Å². The molecule has 1 atom stereocenters. The smallest absolute Gasteiger partial charge is 0.383 e. The lowest BCUT2D eigenvalue weighted by atomic mass is 10.0. The monoisotopic (exact) mass is 563 g/mol. The highest BCUT2D eigenvalue weighted by atomic mass is 35.5. The first kappa shape index (κ1) is 28.0. The summed E-state index contributed by atoms with van der Waals surface area (Å²) in [5.41, 5.74) is 0.897. The molecule has 4 rings (SSSR count). The number of likely N-dealkylation sites (N-methyl/N-ethyl adjacent to an activating group) is 1. The number of halogens is 4. The Kier molecular flexibility index (Phi) is 8.14. The van der Waals surface area contributed by atoms with Gasteiger partial charge in [-0.1, -0.05) is 17.7 Å². The maximum Gasteiger partial charge on any atom is 0.417 e. The van der Waals surface area contributed by atoms with Crippen molar-refractivity contribution in [2.45, 2.75) is 32.0 Å². The van der Waals surface area contributed by atoms with E-state index in [1.165, 1.54) is 12.1 Å². The first-order chi connectivity index (χ1) is 18.5. The van der Waals surface area contributed by atoms with E-state index in [9.17, 15) is 32.3 Å². The normalized spacial score (nSPS) is 17.7. The quantitative estimate of drug-likeness (QED) is 0.398. The highest BCUT2D eigenvalue weighted by Crippen LogP contribution is 2.35. The molecule has 2 aliphatic heterocycles. The number of nitrogens with zero attached hydrogens (tertiary/aromatic N) is 2. The zero-order valence-electron chi connectivity index (χ0n) is 20.8. The Morgan fingerprint density at radius 2 is 1.87 bits per heavy atom. The Balaban J connectivity index is 1.38. The van der Waals surface area contributed by atoms with E-state index in [1.54, 1.807) is 18.2 Å². The fourth-order valence-corrected chi connectivity index (χ4v) is 4.68. The third-order valence-corrected chi connectivity index (χ3v) is 6.65. The fraction of sp³-hybridized carbons (Fsp3) is 0.308. The molecule has 0 aromatic heterocycles. The van der Waals surface area contributed by atoms with Crippen molar-refractivity contribution in [3.8, 4) is 0 Å². The molecule has 13 heteroatoms. The van der Waals surface area contributed by atoms with E-state index < -0.39 is 41.4 Å². The van der Waals surface area contributed by atoms with E-state index in [2.05, 4.69) is 16.0 Å². The maximum atomic E-state index is 12.9. The summed E-state index contributed by atoms with van der Waals surface area (Å²) in [6, 6.07) is 9.56. The third-order valence-electron chi connectivity index (χ3n) is 6.33. The van der Waals surface area contributed by atoms with Crippen molar-refractivity contribution in [1.29, 1.82) is 0 Å². The first-order valence-corrected chi connectivity index (χ1v) is 12.5. The van der Waals surface area contributed by atoms with Crippen molar-refractivity contribution < 1.29 is 32.3 Å². The topological polar surface area (TPSA) is 111 Å². The van der Waals surface area contributed by atoms with Crippen LogP contribution < -0.4 is 20.9 Å². The molecule has 9 nitrogen and oxygen atoms in total. The molecule has 2 aliphatic rings. The number of amides is 4. The zero-order valence-corrected chi connectivity index (χ0v) is 21.5. The molecule has 1 saturated heterocycles. The molecule has 0 radical (unpaired) electrons. The van der Waals surface area contributed by atoms with Crippen molar-refractivity contribution in [2.24, 2.45) is 0 Å². The lowest BCUT2D eigenvalue weighted by Gasteiger charge is -2.28. The van der Waals surface area contributed by atoms with Crippen LogP contribution in [0.1, 0.15) is 25.3 Å². The van der Waals surface area contributed by atoms with E-state index in [0.29, 0.717) is 31.0 Å². The second-order valence-electron chi connectivity index (χ2n) is 8.91. The van der Waals surface area contributed by atoms with Crippen LogP contribution in [0.2, 0.25) is 5.02 Å². The Labute approximate surface area is 227 Å². The molecule has 1 fully saturated rings. The Morgan fingerprint density at radius 3 is 2.54 bits per heavy atom. The summed E-state index contributed by atoms with van der Waals surface area (Å²) in [5, 5.41) is 7.77. The van der Waals surface area contributed by atoms with Gasteiger partial charge in [0.05, 0.1) is 10.6 Å². The number of carbonyl (C=O) groups excluding carboxylic acids is 4. The summed E-state index contributed by atoms with van der Waals surface area (Å²) >= 11 is 5.79. The zero-order chi connectivity index (χ0) is 28.3. The van der Waals surface area contributed by atoms with Crippen LogP contribution in [-0.2, 0) is 25.4 Å². The van der Waals surface area contributed by atoms with Crippen LogP contribution in [0.3, 0.4) is 0 Å². The first-order valence-electron chi connectivity index (χ1n) is 12.1. The summed E-state index contributed by atoms with van der Waals surface area (Å²) in [7, 11) is 0. The summed E-state index contributed by atoms with van der Waals surface area (Å²) in [6.07, 6.45) is -3.30. The number of alkyl halides is 3. The number of piperidine rings is 1. The van der Waals surface area contributed by atoms with Crippen molar-refractivity contribution in [1.82, 2.24) is 10.2 Å². The van der Waals surface area contributed by atoms with Gasteiger partial charge >= 0.3 is 6.18 Å². The second kappa shape index (κ2) is 11.4. The average molecular weight is 564 g/mol. The highest BCUT2D eigenvalue weighted by Gasteiger charge is 2.42. The second-order valence-corrected chi connectivity index (χ2v) is 9.32. The van der Waals surface area contributed by atoms with Gasteiger partial charge < -0.3 is 15.5 Å². The number of rotatable bonds is 9. The summed E-state index contributed by atoms with van der Waals surface area (Å²) in [4.78, 5) is 51.9. The molecule has 0 aliphatic carbocycles. The SMILES string of the molecule is CCN(CCNc1ccc(C(F)(F)F)c(Cl)c1)c1cccc(NC2=CC(=O)N(C3CCC(=O)NC3=O)C2=O)c1. The van der Waals surface area contributed by atoms with Crippen LogP contribution in [0, 0.1) is 0 Å². The minimum absolute atomic E-state index is 0.00532. The van der Waals surface area contributed by atoms with Crippen LogP contribution >= 0.6 is 11.6 Å². The molecule has 0 spiro atoms. The summed E-state index contributed by atoms with van der Waals surface area (Å²) in [5.74, 6) is -2.43. The lowest BCUT2D eigenvalue weighted by Crippen LogP contribution is -2.54. The Bertz CT molecular complexity index is 1350. The van der Waals surface area contributed by atoms with Gasteiger partial charge in [0.15, 0.2) is 0 Å². The number of hydrogen-bond acceptors (Lipinski definition) is 7. The molecule has 2 aromatic carbocycles. The van der Waals surface area contributed by atoms with Crippen molar-refractivity contribution in [2.75, 3.05) is 35.2 Å². The molecule has 39 heavy (non-hydrogen) atoms. The van der Waals surface area contributed by atoms with Crippen molar-refractivity contribution >= 4 is 52.3 Å². The molecule has 2 heterocycles. The van der Waals surface area contributed by atoms with Gasteiger partial charge in [0.1, 0.15) is 11.7 Å². The molecule has 2 aromatic rings. The molecule has 4 amide bonds. The molecule has 0 bridgehead atoms. The van der Waals surface area contributed by atoms with Gasteiger partial charge in [0.2, 0.25) is 11.8 Å². The summed E-state index contributed by atoms with van der Waals surface area (Å²) in [6.45, 7) is 3.46. The third kappa shape index (κ3) is 6.33. The lowest BCUT2D eigenvalue weighted by molar-refractivity contribution is -0.149. The maximum absolute atomic E-state index is 12.9. The van der Waals surface area contributed by atoms with Gasteiger partial charge in [-0.05, 0) is 49.7 Å². The van der Waals surface area contributed by atoms with E-state index in [1.807, 2.05) is 17.9 Å². The minimum Gasteiger partial charge on any atom is -0.383 e. The molecule has 0 saturated carbocycles. The predicted octanol–water partition coefficient (Wildman–Crippen LogP) is 3.77. The number of imide groups is 2. The van der Waals surface area contributed by atoms with Crippen molar-refractivity contribution in [3.63, 3.8) is 0 Å². The molecule has 1 unspecified atom stereocenters. The predicted molar refractivity (Wildman–Crippen MR) is 139 cm³/mol. The number of carbonyl (C=O) groups is 4. The van der Waals surface area contributed by atoms with Gasteiger partial charge in [0, 0.05) is 49.2 Å². The Morgan fingerprint density at radius 1 is 1.10 bits per heavy atom. The van der Waals surface area contributed by atoms with Gasteiger partial charge in [-0.15, -0.1) is 0 Å². The number of benzene rings is 2. The van der Waals surface area contributed by atoms with Gasteiger partial charge in [-0.2, -0.15) is 13.2 Å². The Hall–Kier alpha value is -4.06. The molecular formula is C26H25ClF3N5O4. The number of nitrogens with one attached hydrogen (secondary N) is 3. The van der Waals surface area contributed by atoms with E-state index in [-0.39, 0.29) is 23.6 Å². The standard InChI is InChI=1S/C26H25ClF3N5O4/c1-2-34(11-10-31-15-6-7-18(19(27)13-15)26(28,29)30)17-5-3-4-16(12-17)32-20-14-23(37)35(25(20)39)21-8-9-22(36)33-24(21)38/h3-7,12-14,21,31-32H,2,8-11H2,1H3,(H,33,36,38). The van der Waals surface area contributed by atoms with Gasteiger partial charge in [0.25, 0.3) is 11.8 Å². The van der Waals surface area contributed by atoms with Gasteiger partial charge in [-0.25, -0.2) is 0 Å². The number of anilines is 3.